The standard InChI is InChI=1S/C18H16Cl2N2O6/c1-9-5-11(7-13(21(23)24)16(9)27-3)15(18(19)20)12-6-10(2)17(28-4)14(8-12)22(25)26/h5-8H,1-4H3. The number of halogens is 2. The maximum atomic E-state index is 11.4. The molecule has 0 aliphatic rings. The molecule has 8 nitrogen and oxygen atoms in total. The van der Waals surface area contributed by atoms with Gasteiger partial charge in [0.15, 0.2) is 11.5 Å². The van der Waals surface area contributed by atoms with E-state index in [0.29, 0.717) is 22.3 Å². The second-order valence-electron chi connectivity index (χ2n) is 5.84. The highest BCUT2D eigenvalue weighted by Crippen LogP contribution is 2.41. The summed E-state index contributed by atoms with van der Waals surface area (Å²) in [4.78, 5) is 21.7. The van der Waals surface area contributed by atoms with E-state index in [1.807, 2.05) is 0 Å². The summed E-state index contributed by atoms with van der Waals surface area (Å²) >= 11 is 12.1. The number of ether oxygens (including phenoxy) is 2. The molecule has 0 amide bonds. The molecular formula is C18H16Cl2N2O6. The molecule has 2 aromatic rings. The van der Waals surface area contributed by atoms with Crippen LogP contribution in [-0.2, 0) is 0 Å². The third kappa shape index (κ3) is 4.02. The SMILES string of the molecule is COc1c(C)cc(C(=C(Cl)Cl)c2cc(C)c(OC)c([N+](=O)[O-])c2)cc1[N+](=O)[O-]. The monoisotopic (exact) mass is 426 g/mol. The number of nitrogens with zero attached hydrogens (tertiary/aromatic N) is 2. The fourth-order valence-electron chi connectivity index (χ4n) is 2.99. The van der Waals surface area contributed by atoms with Gasteiger partial charge in [0, 0.05) is 17.7 Å². The van der Waals surface area contributed by atoms with Crippen molar-refractivity contribution in [2.45, 2.75) is 13.8 Å². The van der Waals surface area contributed by atoms with Crippen LogP contribution in [0.4, 0.5) is 11.4 Å². The smallest absolute Gasteiger partial charge is 0.311 e. The second kappa shape index (κ2) is 8.45. The summed E-state index contributed by atoms with van der Waals surface area (Å²) < 4.78 is 10.0. The quantitative estimate of drug-likeness (QED) is 0.456. The van der Waals surface area contributed by atoms with Gasteiger partial charge in [0.1, 0.15) is 4.49 Å². The Kier molecular flexibility index (Phi) is 6.48. The van der Waals surface area contributed by atoms with E-state index in [4.69, 9.17) is 32.7 Å². The molecule has 0 heterocycles. The summed E-state index contributed by atoms with van der Waals surface area (Å²) in [7, 11) is 2.66. The summed E-state index contributed by atoms with van der Waals surface area (Å²) in [6.45, 7) is 3.27. The van der Waals surface area contributed by atoms with E-state index in [1.165, 1.54) is 26.4 Å². The van der Waals surface area contributed by atoms with Crippen molar-refractivity contribution >= 4 is 40.1 Å². The van der Waals surface area contributed by atoms with E-state index in [9.17, 15) is 20.2 Å². The zero-order valence-corrected chi connectivity index (χ0v) is 16.9. The molecule has 0 bridgehead atoms. The van der Waals surface area contributed by atoms with E-state index in [0.717, 1.165) is 0 Å². The fourth-order valence-corrected chi connectivity index (χ4v) is 3.42. The molecule has 2 rings (SSSR count). The zero-order chi connectivity index (χ0) is 21.2. The number of benzene rings is 2. The number of aryl methyl sites for hydroxylation is 2. The van der Waals surface area contributed by atoms with Gasteiger partial charge in [-0.2, -0.15) is 0 Å². The van der Waals surface area contributed by atoms with E-state index < -0.39 is 9.85 Å². The van der Waals surface area contributed by atoms with Crippen LogP contribution in [0.25, 0.3) is 5.57 Å². The first kappa shape index (κ1) is 21.5. The molecule has 0 fully saturated rings. The van der Waals surface area contributed by atoms with Crippen molar-refractivity contribution in [3.8, 4) is 11.5 Å². The summed E-state index contributed by atoms with van der Waals surface area (Å²) in [6, 6.07) is 5.74. The Morgan fingerprint density at radius 3 is 1.43 bits per heavy atom. The molecule has 0 aromatic heterocycles. The van der Waals surface area contributed by atoms with Crippen LogP contribution in [0.5, 0.6) is 11.5 Å². The van der Waals surface area contributed by atoms with Crippen LogP contribution in [0, 0.1) is 34.1 Å². The van der Waals surface area contributed by atoms with Crippen molar-refractivity contribution in [3.05, 3.63) is 71.2 Å². The number of methoxy groups -OCH3 is 2. The van der Waals surface area contributed by atoms with Crippen molar-refractivity contribution in [2.24, 2.45) is 0 Å². The summed E-state index contributed by atoms with van der Waals surface area (Å²) in [6.07, 6.45) is 0. The van der Waals surface area contributed by atoms with E-state index >= 15 is 0 Å². The van der Waals surface area contributed by atoms with Crippen molar-refractivity contribution < 1.29 is 19.3 Å². The molecule has 0 saturated heterocycles. The van der Waals surface area contributed by atoms with Gasteiger partial charge in [0.2, 0.25) is 0 Å². The van der Waals surface area contributed by atoms with Gasteiger partial charge in [-0.15, -0.1) is 0 Å². The second-order valence-corrected chi connectivity index (χ2v) is 6.79. The van der Waals surface area contributed by atoms with Crippen molar-refractivity contribution in [3.63, 3.8) is 0 Å². The van der Waals surface area contributed by atoms with Crippen molar-refractivity contribution in [2.75, 3.05) is 14.2 Å². The fraction of sp³-hybridized carbons (Fsp3) is 0.222. The summed E-state index contributed by atoms with van der Waals surface area (Å²) in [5.41, 5.74) is 1.28. The number of nitro groups is 2. The van der Waals surface area contributed by atoms with Crippen LogP contribution >= 0.6 is 23.2 Å². The lowest BCUT2D eigenvalue weighted by atomic mass is 9.95. The number of hydrogen-bond donors (Lipinski definition) is 0. The minimum absolute atomic E-state index is 0.107. The molecule has 0 aliphatic carbocycles. The van der Waals surface area contributed by atoms with Crippen molar-refractivity contribution in [1.29, 1.82) is 0 Å². The molecule has 0 atom stereocenters. The average Bonchev–Trinajstić information content (AvgIpc) is 2.60. The lowest BCUT2D eigenvalue weighted by Crippen LogP contribution is -2.01. The molecular weight excluding hydrogens is 411 g/mol. The Morgan fingerprint density at radius 1 is 0.821 bits per heavy atom. The van der Waals surface area contributed by atoms with Gasteiger partial charge in [-0.3, -0.25) is 20.2 Å². The van der Waals surface area contributed by atoms with Crippen LogP contribution in [0.1, 0.15) is 22.3 Å². The number of rotatable bonds is 6. The minimum atomic E-state index is -0.586. The van der Waals surface area contributed by atoms with E-state index in [-0.39, 0.29) is 32.9 Å². The first-order valence-electron chi connectivity index (χ1n) is 7.84. The van der Waals surface area contributed by atoms with Gasteiger partial charge in [0.25, 0.3) is 0 Å². The summed E-state index contributed by atoms with van der Waals surface area (Å²) in [5.74, 6) is 0.214. The lowest BCUT2D eigenvalue weighted by molar-refractivity contribution is -0.385. The molecule has 0 saturated carbocycles. The van der Waals surface area contributed by atoms with Crippen LogP contribution < -0.4 is 9.47 Å². The molecule has 0 unspecified atom stereocenters. The Labute approximate surface area is 170 Å². The largest absolute Gasteiger partial charge is 0.490 e. The third-order valence-corrected chi connectivity index (χ3v) is 4.46. The highest BCUT2D eigenvalue weighted by atomic mass is 35.5. The molecule has 28 heavy (non-hydrogen) atoms. The highest BCUT2D eigenvalue weighted by Gasteiger charge is 2.25. The van der Waals surface area contributed by atoms with Gasteiger partial charge in [-0.05, 0) is 48.2 Å². The van der Waals surface area contributed by atoms with Gasteiger partial charge >= 0.3 is 11.4 Å². The van der Waals surface area contributed by atoms with E-state index in [1.54, 1.807) is 26.0 Å². The zero-order valence-electron chi connectivity index (χ0n) is 15.4. The Hall–Kier alpha value is -2.84. The third-order valence-electron chi connectivity index (χ3n) is 4.08. The normalized spacial score (nSPS) is 10.4. The Bertz CT molecular complexity index is 927. The molecule has 148 valence electrons. The van der Waals surface area contributed by atoms with Gasteiger partial charge in [-0.25, -0.2) is 0 Å². The van der Waals surface area contributed by atoms with Crippen LogP contribution in [0.3, 0.4) is 0 Å². The Balaban J connectivity index is 2.81. The first-order chi connectivity index (χ1) is 13.1. The maximum Gasteiger partial charge on any atom is 0.311 e. The molecule has 2 aromatic carbocycles. The predicted molar refractivity (Wildman–Crippen MR) is 106 cm³/mol. The number of hydrogen-bond acceptors (Lipinski definition) is 6. The maximum absolute atomic E-state index is 11.4. The van der Waals surface area contributed by atoms with Gasteiger partial charge in [0.05, 0.1) is 24.1 Å². The highest BCUT2D eigenvalue weighted by molar-refractivity contribution is 6.59. The first-order valence-corrected chi connectivity index (χ1v) is 8.60. The molecule has 0 radical (unpaired) electrons. The van der Waals surface area contributed by atoms with Crippen LogP contribution in [-0.4, -0.2) is 24.1 Å². The van der Waals surface area contributed by atoms with Gasteiger partial charge < -0.3 is 9.47 Å². The summed E-state index contributed by atoms with van der Waals surface area (Å²) in [5, 5.41) is 22.9. The van der Waals surface area contributed by atoms with E-state index in [2.05, 4.69) is 0 Å². The topological polar surface area (TPSA) is 105 Å². The molecule has 0 aliphatic heterocycles. The van der Waals surface area contributed by atoms with Crippen LogP contribution in [0.2, 0.25) is 0 Å². The molecule has 0 spiro atoms. The lowest BCUT2D eigenvalue weighted by Gasteiger charge is -2.14. The number of nitro benzene ring substituents is 2. The van der Waals surface area contributed by atoms with Crippen molar-refractivity contribution in [1.82, 2.24) is 0 Å². The van der Waals surface area contributed by atoms with Gasteiger partial charge in [-0.1, -0.05) is 23.2 Å². The molecule has 0 N–H and O–H groups in total. The van der Waals surface area contributed by atoms with Crippen LogP contribution in [0.15, 0.2) is 28.8 Å². The Morgan fingerprint density at radius 2 is 1.18 bits per heavy atom. The average molecular weight is 427 g/mol. The minimum Gasteiger partial charge on any atom is -0.490 e. The predicted octanol–water partition coefficient (Wildman–Crippen LogP) is 5.33. The molecule has 10 heteroatoms.